The molecule has 80 valence electrons. The Hall–Kier alpha value is -1.16. The summed E-state index contributed by atoms with van der Waals surface area (Å²) in [6, 6.07) is 3.82. The molecule has 0 radical (unpaired) electrons. The summed E-state index contributed by atoms with van der Waals surface area (Å²) in [7, 11) is 0. The molecule has 1 saturated carbocycles. The molecule has 0 amide bonds. The zero-order valence-electron chi connectivity index (χ0n) is 9.00. The molecule has 0 spiro atoms. The fraction of sp³-hybridized carbons (Fsp3) is 0.455. The minimum Gasteiger partial charge on any atom is -0.389 e. The Labute approximate surface area is 95.1 Å². The molecule has 1 aliphatic carbocycles. The molecule has 1 aromatic heterocycles. The monoisotopic (exact) mass is 221 g/mol. The Morgan fingerprint density at radius 3 is 2.73 bits per heavy atom. The second-order valence-electron chi connectivity index (χ2n) is 4.43. The lowest BCUT2D eigenvalue weighted by Gasteiger charge is -2.13. The SMILES string of the molecule is Cc1cc(C(N)=S)cc(NC2(C)CC2)n1. The second kappa shape index (κ2) is 3.45. The van der Waals surface area contributed by atoms with Crippen LogP contribution in [0.3, 0.4) is 0 Å². The molecule has 0 unspecified atom stereocenters. The van der Waals surface area contributed by atoms with Gasteiger partial charge in [0.15, 0.2) is 0 Å². The number of hydrogen-bond donors (Lipinski definition) is 2. The Bertz CT molecular complexity index is 410. The van der Waals surface area contributed by atoms with E-state index in [1.54, 1.807) is 0 Å². The average molecular weight is 221 g/mol. The van der Waals surface area contributed by atoms with Crippen LogP contribution in [0.2, 0.25) is 0 Å². The van der Waals surface area contributed by atoms with Crippen molar-refractivity contribution in [2.45, 2.75) is 32.2 Å². The zero-order chi connectivity index (χ0) is 11.1. The number of nitrogens with one attached hydrogen (secondary N) is 1. The average Bonchev–Trinajstić information content (AvgIpc) is 2.81. The van der Waals surface area contributed by atoms with Crippen molar-refractivity contribution in [1.29, 1.82) is 0 Å². The van der Waals surface area contributed by atoms with Gasteiger partial charge in [0.25, 0.3) is 0 Å². The molecule has 4 heteroatoms. The Morgan fingerprint density at radius 1 is 1.53 bits per heavy atom. The van der Waals surface area contributed by atoms with Crippen LogP contribution in [-0.2, 0) is 0 Å². The van der Waals surface area contributed by atoms with Crippen LogP contribution < -0.4 is 11.1 Å². The zero-order valence-corrected chi connectivity index (χ0v) is 9.82. The van der Waals surface area contributed by atoms with Crippen LogP contribution in [0.4, 0.5) is 5.82 Å². The molecule has 0 saturated heterocycles. The van der Waals surface area contributed by atoms with Gasteiger partial charge in [-0.3, -0.25) is 0 Å². The third kappa shape index (κ3) is 2.45. The van der Waals surface area contributed by atoms with Gasteiger partial charge in [-0.05, 0) is 38.8 Å². The second-order valence-corrected chi connectivity index (χ2v) is 4.87. The quantitative estimate of drug-likeness (QED) is 0.766. The van der Waals surface area contributed by atoms with Crippen LogP contribution in [0.1, 0.15) is 31.0 Å². The molecule has 3 N–H and O–H groups in total. The number of nitrogens with zero attached hydrogens (tertiary/aromatic N) is 1. The molecule has 0 atom stereocenters. The number of rotatable bonds is 3. The lowest BCUT2D eigenvalue weighted by Crippen LogP contribution is -2.18. The summed E-state index contributed by atoms with van der Waals surface area (Å²) >= 11 is 4.96. The maximum Gasteiger partial charge on any atom is 0.127 e. The normalized spacial score (nSPS) is 17.2. The summed E-state index contributed by atoms with van der Waals surface area (Å²) in [6.07, 6.45) is 2.40. The maximum atomic E-state index is 5.61. The van der Waals surface area contributed by atoms with Gasteiger partial charge in [-0.15, -0.1) is 0 Å². The lowest BCUT2D eigenvalue weighted by atomic mass is 10.2. The highest BCUT2D eigenvalue weighted by molar-refractivity contribution is 7.80. The molecular weight excluding hydrogens is 206 g/mol. The molecule has 1 fully saturated rings. The van der Waals surface area contributed by atoms with E-state index in [9.17, 15) is 0 Å². The van der Waals surface area contributed by atoms with E-state index in [2.05, 4.69) is 17.2 Å². The molecule has 15 heavy (non-hydrogen) atoms. The van der Waals surface area contributed by atoms with Crippen LogP contribution in [0.5, 0.6) is 0 Å². The number of pyridine rings is 1. The lowest BCUT2D eigenvalue weighted by molar-refractivity contribution is 0.819. The molecule has 0 aromatic carbocycles. The molecular formula is C11H15N3S. The Kier molecular flexibility index (Phi) is 2.38. The van der Waals surface area contributed by atoms with E-state index in [1.165, 1.54) is 12.8 Å². The number of anilines is 1. The highest BCUT2D eigenvalue weighted by Crippen LogP contribution is 2.37. The molecule has 3 nitrogen and oxygen atoms in total. The van der Waals surface area contributed by atoms with Gasteiger partial charge >= 0.3 is 0 Å². The first-order valence-electron chi connectivity index (χ1n) is 5.05. The van der Waals surface area contributed by atoms with E-state index in [-0.39, 0.29) is 5.54 Å². The van der Waals surface area contributed by atoms with Crippen LogP contribution in [0, 0.1) is 6.92 Å². The Morgan fingerprint density at radius 2 is 2.20 bits per heavy atom. The third-order valence-electron chi connectivity index (χ3n) is 2.67. The van der Waals surface area contributed by atoms with Gasteiger partial charge in [0.2, 0.25) is 0 Å². The van der Waals surface area contributed by atoms with Crippen molar-refractivity contribution < 1.29 is 0 Å². The van der Waals surface area contributed by atoms with Crippen LogP contribution in [0.25, 0.3) is 0 Å². The molecule has 0 aliphatic heterocycles. The summed E-state index contributed by atoms with van der Waals surface area (Å²) in [5, 5.41) is 3.40. The summed E-state index contributed by atoms with van der Waals surface area (Å²) in [5.41, 5.74) is 7.65. The van der Waals surface area contributed by atoms with Gasteiger partial charge in [0.1, 0.15) is 10.8 Å². The predicted molar refractivity (Wildman–Crippen MR) is 66.1 cm³/mol. The highest BCUT2D eigenvalue weighted by atomic mass is 32.1. The minimum absolute atomic E-state index is 0.230. The van der Waals surface area contributed by atoms with Crippen molar-refractivity contribution in [2.75, 3.05) is 5.32 Å². The van der Waals surface area contributed by atoms with Gasteiger partial charge in [-0.25, -0.2) is 4.98 Å². The highest BCUT2D eigenvalue weighted by Gasteiger charge is 2.37. The van der Waals surface area contributed by atoms with Crippen molar-refractivity contribution in [3.8, 4) is 0 Å². The standard InChI is InChI=1S/C11H15N3S/c1-7-5-8(10(12)15)6-9(13-7)14-11(2)3-4-11/h5-6H,3-4H2,1-2H3,(H2,12,15)(H,13,14). The number of thiocarbonyl (C=S) groups is 1. The predicted octanol–water partition coefficient (Wildman–Crippen LogP) is 1.99. The maximum absolute atomic E-state index is 5.61. The van der Waals surface area contributed by atoms with E-state index >= 15 is 0 Å². The van der Waals surface area contributed by atoms with Crippen molar-refractivity contribution in [1.82, 2.24) is 4.98 Å². The van der Waals surface area contributed by atoms with Crippen molar-refractivity contribution in [3.63, 3.8) is 0 Å². The van der Waals surface area contributed by atoms with Crippen molar-refractivity contribution in [3.05, 3.63) is 23.4 Å². The molecule has 2 rings (SSSR count). The number of aryl methyl sites for hydroxylation is 1. The number of nitrogens with two attached hydrogens (primary N) is 1. The van der Waals surface area contributed by atoms with E-state index in [4.69, 9.17) is 18.0 Å². The smallest absolute Gasteiger partial charge is 0.127 e. The minimum atomic E-state index is 0.230. The molecule has 1 aliphatic rings. The number of hydrogen-bond acceptors (Lipinski definition) is 3. The topological polar surface area (TPSA) is 50.9 Å². The summed E-state index contributed by atoms with van der Waals surface area (Å²) in [5.74, 6) is 0.873. The first-order valence-corrected chi connectivity index (χ1v) is 5.46. The summed E-state index contributed by atoms with van der Waals surface area (Å²) in [6.45, 7) is 4.14. The van der Waals surface area contributed by atoms with Gasteiger partial charge < -0.3 is 11.1 Å². The van der Waals surface area contributed by atoms with E-state index in [0.717, 1.165) is 17.1 Å². The van der Waals surface area contributed by atoms with Gasteiger partial charge in [-0.2, -0.15) is 0 Å². The van der Waals surface area contributed by atoms with Gasteiger partial charge in [0, 0.05) is 16.8 Å². The van der Waals surface area contributed by atoms with Crippen LogP contribution in [0.15, 0.2) is 12.1 Å². The van der Waals surface area contributed by atoms with Gasteiger partial charge in [0.05, 0.1) is 0 Å². The van der Waals surface area contributed by atoms with Crippen LogP contribution >= 0.6 is 12.2 Å². The molecule has 1 aromatic rings. The largest absolute Gasteiger partial charge is 0.389 e. The van der Waals surface area contributed by atoms with Gasteiger partial charge in [-0.1, -0.05) is 12.2 Å². The van der Waals surface area contributed by atoms with Crippen molar-refractivity contribution >= 4 is 23.0 Å². The molecule has 1 heterocycles. The van der Waals surface area contributed by atoms with E-state index < -0.39 is 0 Å². The Balaban J connectivity index is 2.27. The number of aromatic nitrogens is 1. The third-order valence-corrected chi connectivity index (χ3v) is 2.90. The first-order chi connectivity index (χ1) is 6.98. The fourth-order valence-corrected chi connectivity index (χ4v) is 1.61. The molecule has 0 bridgehead atoms. The summed E-state index contributed by atoms with van der Waals surface area (Å²) < 4.78 is 0. The summed E-state index contributed by atoms with van der Waals surface area (Å²) in [4.78, 5) is 4.84. The fourth-order valence-electron chi connectivity index (χ4n) is 1.50. The van der Waals surface area contributed by atoms with E-state index in [0.29, 0.717) is 4.99 Å². The van der Waals surface area contributed by atoms with E-state index in [1.807, 2.05) is 19.1 Å². The van der Waals surface area contributed by atoms with Crippen molar-refractivity contribution in [2.24, 2.45) is 5.73 Å². The first kappa shape index (κ1) is 10.4. The van der Waals surface area contributed by atoms with Crippen LogP contribution in [-0.4, -0.2) is 15.5 Å².